The van der Waals surface area contributed by atoms with Crippen molar-refractivity contribution in [2.75, 3.05) is 13.2 Å². The van der Waals surface area contributed by atoms with Gasteiger partial charge in [0.15, 0.2) is 0 Å². The molecule has 0 aromatic carbocycles. The summed E-state index contributed by atoms with van der Waals surface area (Å²) in [7, 11) is 0. The molecule has 0 heterocycles. The second-order valence-corrected chi connectivity index (χ2v) is 5.00. The van der Waals surface area contributed by atoms with Crippen LogP contribution in [0.4, 0.5) is 0 Å². The predicted octanol–water partition coefficient (Wildman–Crippen LogP) is 2.08. The van der Waals surface area contributed by atoms with E-state index in [-0.39, 0.29) is 18.1 Å². The number of carbonyl (C=O) groups excluding carboxylic acids is 1. The van der Waals surface area contributed by atoms with Crippen molar-refractivity contribution in [3.8, 4) is 0 Å². The molecule has 1 atom stereocenters. The third-order valence-corrected chi connectivity index (χ3v) is 2.94. The van der Waals surface area contributed by atoms with Gasteiger partial charge in [0.05, 0.1) is 0 Å². The second-order valence-electron chi connectivity index (χ2n) is 5.00. The molecule has 1 unspecified atom stereocenters. The van der Waals surface area contributed by atoms with E-state index in [9.17, 15) is 4.79 Å². The van der Waals surface area contributed by atoms with Crippen LogP contribution in [-0.4, -0.2) is 37.2 Å². The van der Waals surface area contributed by atoms with Gasteiger partial charge in [-0.15, -0.1) is 0 Å². The molecule has 0 bridgehead atoms. The summed E-state index contributed by atoms with van der Waals surface area (Å²) >= 11 is 0. The van der Waals surface area contributed by atoms with Gasteiger partial charge in [0.2, 0.25) is 5.91 Å². The molecule has 2 N–H and O–H groups in total. The smallest absolute Gasteiger partial charge is 0.249 e. The lowest BCUT2D eigenvalue weighted by Gasteiger charge is -2.19. The van der Waals surface area contributed by atoms with E-state index in [1.54, 1.807) is 0 Å². The standard InChI is InChI=1S/C14H30N2O2/c1-6-13(7-2)16-14(17)12(5)18-10-8-9-15-11(3)4/h11-13,15H,6-10H2,1-5H3,(H,16,17). The highest BCUT2D eigenvalue weighted by atomic mass is 16.5. The van der Waals surface area contributed by atoms with Crippen LogP contribution < -0.4 is 10.6 Å². The van der Waals surface area contributed by atoms with Crippen molar-refractivity contribution in [3.05, 3.63) is 0 Å². The Morgan fingerprint density at radius 1 is 1.17 bits per heavy atom. The highest BCUT2D eigenvalue weighted by Crippen LogP contribution is 1.99. The Labute approximate surface area is 112 Å². The average molecular weight is 258 g/mol. The molecule has 0 saturated heterocycles. The molecule has 0 rings (SSSR count). The van der Waals surface area contributed by atoms with Gasteiger partial charge in [-0.3, -0.25) is 4.79 Å². The molecule has 4 nitrogen and oxygen atoms in total. The Kier molecular flexibility index (Phi) is 9.98. The SMILES string of the molecule is CCC(CC)NC(=O)C(C)OCCCNC(C)C. The Balaban J connectivity index is 3.67. The normalized spacial score (nSPS) is 13.1. The molecule has 1 amide bonds. The van der Waals surface area contributed by atoms with Crippen molar-refractivity contribution >= 4 is 5.91 Å². The van der Waals surface area contributed by atoms with Crippen LogP contribution >= 0.6 is 0 Å². The third-order valence-electron chi connectivity index (χ3n) is 2.94. The van der Waals surface area contributed by atoms with Crippen molar-refractivity contribution in [1.29, 1.82) is 0 Å². The van der Waals surface area contributed by atoms with E-state index in [1.165, 1.54) is 0 Å². The number of ether oxygens (including phenoxy) is 1. The molecule has 0 aromatic heterocycles. The number of hydrogen-bond donors (Lipinski definition) is 2. The van der Waals surface area contributed by atoms with Crippen molar-refractivity contribution < 1.29 is 9.53 Å². The summed E-state index contributed by atoms with van der Waals surface area (Å²) in [6, 6.07) is 0.770. The maximum atomic E-state index is 11.8. The Morgan fingerprint density at radius 3 is 2.28 bits per heavy atom. The molecule has 4 heteroatoms. The maximum absolute atomic E-state index is 11.8. The molecule has 108 valence electrons. The summed E-state index contributed by atoms with van der Waals surface area (Å²) in [5.41, 5.74) is 0. The molecule has 0 spiro atoms. The Morgan fingerprint density at radius 2 is 1.78 bits per heavy atom. The van der Waals surface area contributed by atoms with Crippen LogP contribution in [-0.2, 0) is 9.53 Å². The third kappa shape index (κ3) is 8.48. The summed E-state index contributed by atoms with van der Waals surface area (Å²) in [4.78, 5) is 11.8. The van der Waals surface area contributed by atoms with Crippen LogP contribution in [0, 0.1) is 0 Å². The average Bonchev–Trinajstić information content (AvgIpc) is 2.34. The first kappa shape index (κ1) is 17.4. The zero-order valence-electron chi connectivity index (χ0n) is 12.6. The number of carbonyl (C=O) groups is 1. The number of rotatable bonds is 10. The monoisotopic (exact) mass is 258 g/mol. The lowest BCUT2D eigenvalue weighted by atomic mass is 10.1. The zero-order chi connectivity index (χ0) is 14.0. The van der Waals surface area contributed by atoms with Gasteiger partial charge >= 0.3 is 0 Å². The fourth-order valence-corrected chi connectivity index (χ4v) is 1.61. The minimum atomic E-state index is -0.357. The van der Waals surface area contributed by atoms with Gasteiger partial charge in [-0.1, -0.05) is 27.7 Å². The van der Waals surface area contributed by atoms with Crippen molar-refractivity contribution in [2.24, 2.45) is 0 Å². The lowest BCUT2D eigenvalue weighted by Crippen LogP contribution is -2.41. The van der Waals surface area contributed by atoms with Gasteiger partial charge in [-0.25, -0.2) is 0 Å². The first-order chi connectivity index (χ1) is 8.51. The Bertz CT molecular complexity index is 216. The summed E-state index contributed by atoms with van der Waals surface area (Å²) in [6.07, 6.45) is 2.51. The van der Waals surface area contributed by atoms with Gasteiger partial charge in [0, 0.05) is 18.7 Å². The molecular weight excluding hydrogens is 228 g/mol. The highest BCUT2D eigenvalue weighted by Gasteiger charge is 2.15. The van der Waals surface area contributed by atoms with E-state index in [0.717, 1.165) is 25.8 Å². The van der Waals surface area contributed by atoms with Crippen LogP contribution in [0.3, 0.4) is 0 Å². The fraction of sp³-hybridized carbons (Fsp3) is 0.929. The summed E-state index contributed by atoms with van der Waals surface area (Å²) in [6.45, 7) is 11.8. The topological polar surface area (TPSA) is 50.4 Å². The van der Waals surface area contributed by atoms with Gasteiger partial charge in [0.25, 0.3) is 0 Å². The summed E-state index contributed by atoms with van der Waals surface area (Å²) in [5, 5.41) is 6.31. The molecule has 18 heavy (non-hydrogen) atoms. The van der Waals surface area contributed by atoms with E-state index in [4.69, 9.17) is 4.74 Å². The molecule has 0 radical (unpaired) electrons. The second kappa shape index (κ2) is 10.3. The van der Waals surface area contributed by atoms with Crippen LogP contribution in [0.5, 0.6) is 0 Å². The molecular formula is C14H30N2O2. The van der Waals surface area contributed by atoms with Crippen molar-refractivity contribution in [3.63, 3.8) is 0 Å². The Hall–Kier alpha value is -0.610. The van der Waals surface area contributed by atoms with Gasteiger partial charge < -0.3 is 15.4 Å². The number of amides is 1. The minimum Gasteiger partial charge on any atom is -0.369 e. The molecule has 0 aromatic rings. The molecule has 0 saturated carbocycles. The van der Waals surface area contributed by atoms with Gasteiger partial charge in [-0.05, 0) is 32.7 Å². The summed E-state index contributed by atoms with van der Waals surface area (Å²) < 4.78 is 5.52. The largest absolute Gasteiger partial charge is 0.369 e. The van der Waals surface area contributed by atoms with Crippen LogP contribution in [0.15, 0.2) is 0 Å². The zero-order valence-corrected chi connectivity index (χ0v) is 12.6. The van der Waals surface area contributed by atoms with E-state index in [0.29, 0.717) is 12.6 Å². The van der Waals surface area contributed by atoms with Crippen LogP contribution in [0.25, 0.3) is 0 Å². The van der Waals surface area contributed by atoms with Crippen molar-refractivity contribution in [2.45, 2.75) is 72.1 Å². The molecule has 0 fully saturated rings. The van der Waals surface area contributed by atoms with Gasteiger partial charge in [-0.2, -0.15) is 0 Å². The molecule has 0 aliphatic rings. The minimum absolute atomic E-state index is 0.000480. The number of hydrogen-bond acceptors (Lipinski definition) is 3. The highest BCUT2D eigenvalue weighted by molar-refractivity contribution is 5.80. The van der Waals surface area contributed by atoms with E-state index < -0.39 is 0 Å². The van der Waals surface area contributed by atoms with Crippen LogP contribution in [0.2, 0.25) is 0 Å². The fourth-order valence-electron chi connectivity index (χ4n) is 1.61. The summed E-state index contributed by atoms with van der Waals surface area (Å²) in [5.74, 6) is 0.000480. The van der Waals surface area contributed by atoms with E-state index in [2.05, 4.69) is 38.3 Å². The quantitative estimate of drug-likeness (QED) is 0.590. The van der Waals surface area contributed by atoms with Crippen LogP contribution in [0.1, 0.15) is 53.9 Å². The first-order valence-electron chi connectivity index (χ1n) is 7.16. The molecule has 0 aliphatic heterocycles. The molecule has 0 aliphatic carbocycles. The van der Waals surface area contributed by atoms with E-state index in [1.807, 2.05) is 6.92 Å². The predicted molar refractivity (Wildman–Crippen MR) is 75.7 cm³/mol. The number of nitrogens with one attached hydrogen (secondary N) is 2. The van der Waals surface area contributed by atoms with Gasteiger partial charge in [0.1, 0.15) is 6.10 Å². The van der Waals surface area contributed by atoms with Crippen molar-refractivity contribution in [1.82, 2.24) is 10.6 Å². The first-order valence-corrected chi connectivity index (χ1v) is 7.16. The lowest BCUT2D eigenvalue weighted by molar-refractivity contribution is -0.132. The maximum Gasteiger partial charge on any atom is 0.249 e. The van der Waals surface area contributed by atoms with E-state index >= 15 is 0 Å².